The lowest BCUT2D eigenvalue weighted by Crippen LogP contribution is -2.64. The lowest BCUT2D eigenvalue weighted by Gasteiger charge is -2.39. The summed E-state index contributed by atoms with van der Waals surface area (Å²) >= 11 is 0. The van der Waals surface area contributed by atoms with E-state index in [1.54, 1.807) is 6.92 Å². The minimum absolute atomic E-state index is 0.132. The summed E-state index contributed by atoms with van der Waals surface area (Å²) in [6, 6.07) is -1.22. The molecule has 0 bridgehead atoms. The number of rotatable bonds is 3. The first kappa shape index (κ1) is 14.1. The lowest BCUT2D eigenvalue weighted by atomic mass is 9.97. The first-order valence-corrected chi connectivity index (χ1v) is 5.25. The van der Waals surface area contributed by atoms with E-state index in [2.05, 4.69) is 10.1 Å². The molecule has 0 aromatic heterocycles. The topological polar surface area (TPSA) is 128 Å². The van der Waals surface area contributed by atoms with E-state index in [1.807, 2.05) is 0 Å². The zero-order valence-corrected chi connectivity index (χ0v) is 9.31. The normalized spacial score (nSPS) is 37.6. The molecule has 1 heterocycles. The highest BCUT2D eigenvalue weighted by molar-refractivity contribution is 5.67. The maximum atomic E-state index is 11.1. The van der Waals surface area contributed by atoms with E-state index in [4.69, 9.17) is 9.84 Å². The van der Waals surface area contributed by atoms with Crippen LogP contribution in [0.25, 0.3) is 0 Å². The van der Waals surface area contributed by atoms with Crippen molar-refractivity contribution in [2.24, 2.45) is 0 Å². The van der Waals surface area contributed by atoms with Gasteiger partial charge in [0, 0.05) is 0 Å². The highest BCUT2D eigenvalue weighted by Gasteiger charge is 2.44. The van der Waals surface area contributed by atoms with Crippen LogP contribution >= 0.6 is 0 Å². The van der Waals surface area contributed by atoms with E-state index < -0.39 is 43.3 Å². The summed E-state index contributed by atoms with van der Waals surface area (Å²) < 4.78 is 9.41. The van der Waals surface area contributed by atoms with Crippen molar-refractivity contribution in [3.8, 4) is 0 Å². The van der Waals surface area contributed by atoms with E-state index in [9.17, 15) is 20.1 Å². The predicted molar refractivity (Wildman–Crippen MR) is 53.9 cm³/mol. The molecule has 0 saturated carbocycles. The summed E-state index contributed by atoms with van der Waals surface area (Å²) in [6.07, 6.45) is -6.33. The Hall–Kier alpha value is -0.930. The van der Waals surface area contributed by atoms with Gasteiger partial charge in [0.2, 0.25) is 0 Å². The van der Waals surface area contributed by atoms with Crippen LogP contribution in [0.5, 0.6) is 0 Å². The summed E-state index contributed by atoms with van der Waals surface area (Å²) in [6.45, 7) is 1.18. The minimum Gasteiger partial charge on any atom is -0.450 e. The monoisotopic (exact) mass is 251 g/mol. The van der Waals surface area contributed by atoms with Crippen LogP contribution in [0.4, 0.5) is 4.79 Å². The molecule has 0 radical (unpaired) electrons. The van der Waals surface area contributed by atoms with Crippen molar-refractivity contribution < 1.29 is 34.7 Å². The number of amides is 1. The predicted octanol–water partition coefficient (Wildman–Crippen LogP) is -2.47. The second-order valence-corrected chi connectivity index (χ2v) is 3.62. The number of hydrogen-bond acceptors (Lipinski definition) is 7. The Morgan fingerprint density at radius 3 is 2.53 bits per heavy atom. The first-order valence-electron chi connectivity index (χ1n) is 5.25. The van der Waals surface area contributed by atoms with Gasteiger partial charge in [-0.15, -0.1) is 0 Å². The number of nitrogens with one attached hydrogen (secondary N) is 1. The highest BCUT2D eigenvalue weighted by Crippen LogP contribution is 2.19. The SMILES string of the molecule is CCOC(=O)N[C@H]1[C@H](O)[C@H](O)[C@@H](CO)O[C@H]1O. The van der Waals surface area contributed by atoms with Crippen molar-refractivity contribution in [3.05, 3.63) is 0 Å². The first-order chi connectivity index (χ1) is 8.01. The van der Waals surface area contributed by atoms with E-state index in [1.165, 1.54) is 0 Å². The van der Waals surface area contributed by atoms with Gasteiger partial charge in [-0.3, -0.25) is 0 Å². The molecule has 1 amide bonds. The molecule has 8 nitrogen and oxygen atoms in total. The average molecular weight is 251 g/mol. The molecule has 0 spiro atoms. The summed E-state index contributed by atoms with van der Waals surface area (Å²) in [5.41, 5.74) is 0. The summed E-state index contributed by atoms with van der Waals surface area (Å²) in [5, 5.41) is 39.7. The largest absolute Gasteiger partial charge is 0.450 e. The second kappa shape index (κ2) is 6.12. The molecule has 1 fully saturated rings. The minimum atomic E-state index is -1.53. The van der Waals surface area contributed by atoms with Crippen LogP contribution in [0, 0.1) is 0 Å². The van der Waals surface area contributed by atoms with E-state index in [0.29, 0.717) is 0 Å². The Bertz CT molecular complexity index is 262. The molecule has 8 heteroatoms. The van der Waals surface area contributed by atoms with Crippen molar-refractivity contribution in [2.45, 2.75) is 37.6 Å². The third kappa shape index (κ3) is 3.27. The Balaban J connectivity index is 2.63. The number of hydrogen-bond donors (Lipinski definition) is 5. The van der Waals surface area contributed by atoms with E-state index in [0.717, 1.165) is 0 Å². The zero-order chi connectivity index (χ0) is 13.0. The molecule has 5 atom stereocenters. The Morgan fingerprint density at radius 2 is 2.00 bits per heavy atom. The van der Waals surface area contributed by atoms with Crippen LogP contribution in [0.15, 0.2) is 0 Å². The number of alkyl carbamates (subject to hydrolysis) is 1. The Kier molecular flexibility index (Phi) is 5.09. The van der Waals surface area contributed by atoms with Crippen molar-refractivity contribution in [3.63, 3.8) is 0 Å². The zero-order valence-electron chi connectivity index (χ0n) is 9.31. The maximum absolute atomic E-state index is 11.1. The number of carbonyl (C=O) groups excluding carboxylic acids is 1. The van der Waals surface area contributed by atoms with Gasteiger partial charge in [0.25, 0.3) is 0 Å². The third-order valence-electron chi connectivity index (χ3n) is 2.46. The molecule has 0 aromatic carbocycles. The molecule has 1 rings (SSSR count). The van der Waals surface area contributed by atoms with Gasteiger partial charge in [0.1, 0.15) is 24.4 Å². The van der Waals surface area contributed by atoms with Gasteiger partial charge in [0.05, 0.1) is 13.2 Å². The smallest absolute Gasteiger partial charge is 0.407 e. The van der Waals surface area contributed by atoms with Gasteiger partial charge in [-0.2, -0.15) is 0 Å². The van der Waals surface area contributed by atoms with Gasteiger partial charge in [-0.05, 0) is 6.92 Å². The number of ether oxygens (including phenoxy) is 2. The van der Waals surface area contributed by atoms with Crippen LogP contribution in [-0.4, -0.2) is 70.4 Å². The standard InChI is InChI=1S/C9H17NO7/c1-2-16-9(15)10-5-7(13)6(12)4(3-11)17-8(5)14/h4-8,11-14H,2-3H2,1H3,(H,10,15)/t4-,5+,6-,7+,8-/m1/s1. The molecule has 5 N–H and O–H groups in total. The van der Waals surface area contributed by atoms with Crippen LogP contribution in [-0.2, 0) is 9.47 Å². The molecular formula is C9H17NO7. The fourth-order valence-corrected chi connectivity index (χ4v) is 1.56. The van der Waals surface area contributed by atoms with Crippen LogP contribution in [0.3, 0.4) is 0 Å². The fraction of sp³-hybridized carbons (Fsp3) is 0.889. The summed E-state index contributed by atoms with van der Waals surface area (Å²) in [7, 11) is 0. The number of aliphatic hydroxyl groups is 4. The fourth-order valence-electron chi connectivity index (χ4n) is 1.56. The molecule has 0 aromatic rings. The molecular weight excluding hydrogens is 234 g/mol. The van der Waals surface area contributed by atoms with Crippen LogP contribution in [0.2, 0.25) is 0 Å². The van der Waals surface area contributed by atoms with Crippen molar-refractivity contribution >= 4 is 6.09 Å². The third-order valence-corrected chi connectivity index (χ3v) is 2.46. The summed E-state index contributed by atoms with van der Waals surface area (Å²) in [5.74, 6) is 0. The summed E-state index contributed by atoms with van der Waals surface area (Å²) in [4.78, 5) is 11.1. The maximum Gasteiger partial charge on any atom is 0.407 e. The second-order valence-electron chi connectivity index (χ2n) is 3.62. The van der Waals surface area contributed by atoms with Crippen LogP contribution < -0.4 is 5.32 Å². The molecule has 1 aliphatic heterocycles. The Morgan fingerprint density at radius 1 is 1.35 bits per heavy atom. The molecule has 1 aliphatic rings. The van der Waals surface area contributed by atoms with Gasteiger partial charge in [-0.25, -0.2) is 4.79 Å². The molecule has 0 aliphatic carbocycles. The van der Waals surface area contributed by atoms with Crippen molar-refractivity contribution in [2.75, 3.05) is 13.2 Å². The molecule has 17 heavy (non-hydrogen) atoms. The van der Waals surface area contributed by atoms with Gasteiger partial charge in [0.15, 0.2) is 6.29 Å². The van der Waals surface area contributed by atoms with E-state index >= 15 is 0 Å². The lowest BCUT2D eigenvalue weighted by molar-refractivity contribution is -0.253. The molecule has 0 unspecified atom stereocenters. The quantitative estimate of drug-likeness (QED) is 0.376. The average Bonchev–Trinajstić information content (AvgIpc) is 2.29. The molecule has 100 valence electrons. The Labute approximate surface area is 97.8 Å². The van der Waals surface area contributed by atoms with Crippen molar-refractivity contribution in [1.29, 1.82) is 0 Å². The highest BCUT2D eigenvalue weighted by atomic mass is 16.6. The number of aliphatic hydroxyl groups excluding tert-OH is 4. The van der Waals surface area contributed by atoms with Crippen LogP contribution in [0.1, 0.15) is 6.92 Å². The van der Waals surface area contributed by atoms with Gasteiger partial charge >= 0.3 is 6.09 Å². The van der Waals surface area contributed by atoms with Crippen molar-refractivity contribution in [1.82, 2.24) is 5.32 Å². The van der Waals surface area contributed by atoms with E-state index in [-0.39, 0.29) is 6.61 Å². The molecule has 1 saturated heterocycles. The number of carbonyl (C=O) groups is 1. The van der Waals surface area contributed by atoms with Gasteiger partial charge in [-0.1, -0.05) is 0 Å². The van der Waals surface area contributed by atoms with Gasteiger partial charge < -0.3 is 35.2 Å².